The van der Waals surface area contributed by atoms with Crippen molar-refractivity contribution in [1.82, 2.24) is 10.2 Å². The minimum absolute atomic E-state index is 0.00209. The van der Waals surface area contributed by atoms with Gasteiger partial charge < -0.3 is 19.7 Å². The Morgan fingerprint density at radius 2 is 1.95 bits per heavy atom. The van der Waals surface area contributed by atoms with Crippen molar-refractivity contribution in [2.45, 2.75) is 40.0 Å². The summed E-state index contributed by atoms with van der Waals surface area (Å²) >= 11 is 0. The maximum absolute atomic E-state index is 12.1. The quantitative estimate of drug-likeness (QED) is 0.696. The molecule has 0 unspecified atom stereocenters. The first-order chi connectivity index (χ1) is 10.5. The Balaban J connectivity index is 2.11. The number of hydrogen-bond acceptors (Lipinski definition) is 4. The molecule has 0 aromatic rings. The van der Waals surface area contributed by atoms with Gasteiger partial charge >= 0.3 is 6.09 Å². The topological polar surface area (TPSA) is 67.9 Å². The maximum atomic E-state index is 12.1. The third kappa shape index (κ3) is 7.11. The van der Waals surface area contributed by atoms with Crippen LogP contribution in [0.4, 0.5) is 4.79 Å². The fraction of sp³-hybridized carbons (Fsp3) is 0.875. The number of carbonyl (C=O) groups excluding carboxylic acids is 2. The summed E-state index contributed by atoms with van der Waals surface area (Å²) in [6, 6.07) is 0. The third-order valence-corrected chi connectivity index (χ3v) is 3.61. The van der Waals surface area contributed by atoms with Gasteiger partial charge in [-0.15, -0.1) is 0 Å². The number of hydrogen-bond donors (Lipinski definition) is 1. The summed E-state index contributed by atoms with van der Waals surface area (Å²) in [5.74, 6) is 0.633. The number of amides is 2. The van der Waals surface area contributed by atoms with E-state index in [1.807, 2.05) is 0 Å². The van der Waals surface area contributed by atoms with Gasteiger partial charge in [-0.1, -0.05) is 13.8 Å². The minimum Gasteiger partial charge on any atom is -0.450 e. The summed E-state index contributed by atoms with van der Waals surface area (Å²) in [4.78, 5) is 25.3. The van der Waals surface area contributed by atoms with Crippen LogP contribution >= 0.6 is 0 Å². The van der Waals surface area contributed by atoms with Crippen molar-refractivity contribution in [2.24, 2.45) is 11.8 Å². The Kier molecular flexibility index (Phi) is 8.89. The Bertz CT molecular complexity index is 339. The first-order valence-corrected chi connectivity index (χ1v) is 8.31. The van der Waals surface area contributed by atoms with Crippen molar-refractivity contribution >= 4 is 12.0 Å². The van der Waals surface area contributed by atoms with Crippen molar-refractivity contribution in [3.63, 3.8) is 0 Å². The van der Waals surface area contributed by atoms with E-state index in [0.717, 1.165) is 13.0 Å². The van der Waals surface area contributed by atoms with E-state index < -0.39 is 0 Å². The lowest BCUT2D eigenvalue weighted by Crippen LogP contribution is -2.43. The second kappa shape index (κ2) is 10.4. The smallest absolute Gasteiger partial charge is 0.409 e. The lowest BCUT2D eigenvalue weighted by molar-refractivity contribution is -0.126. The van der Waals surface area contributed by atoms with E-state index in [1.165, 1.54) is 0 Å². The predicted molar refractivity (Wildman–Crippen MR) is 84.6 cm³/mol. The van der Waals surface area contributed by atoms with Crippen LogP contribution in [0.3, 0.4) is 0 Å². The van der Waals surface area contributed by atoms with Crippen molar-refractivity contribution in [1.29, 1.82) is 0 Å². The molecule has 1 saturated heterocycles. The maximum Gasteiger partial charge on any atom is 0.409 e. The summed E-state index contributed by atoms with van der Waals surface area (Å²) < 4.78 is 10.4. The van der Waals surface area contributed by atoms with Gasteiger partial charge in [-0.05, 0) is 32.1 Å². The van der Waals surface area contributed by atoms with Gasteiger partial charge in [0.15, 0.2) is 0 Å². The summed E-state index contributed by atoms with van der Waals surface area (Å²) in [7, 11) is 0. The average molecular weight is 314 g/mol. The minimum atomic E-state index is -0.274. The van der Waals surface area contributed by atoms with Crippen LogP contribution in [0.2, 0.25) is 0 Å². The van der Waals surface area contributed by atoms with Crippen molar-refractivity contribution in [3.05, 3.63) is 0 Å². The second-order valence-electron chi connectivity index (χ2n) is 6.07. The SMILES string of the molecule is CCOC(=O)N1CCC(C(=O)NCCCOCC(C)C)CC1. The molecule has 6 heteroatoms. The van der Waals surface area contributed by atoms with Gasteiger partial charge in [0.05, 0.1) is 6.61 Å². The molecule has 0 bridgehead atoms. The molecule has 1 fully saturated rings. The van der Waals surface area contributed by atoms with Gasteiger partial charge in [-0.2, -0.15) is 0 Å². The molecular weight excluding hydrogens is 284 g/mol. The molecule has 22 heavy (non-hydrogen) atoms. The van der Waals surface area contributed by atoms with Gasteiger partial charge in [0.2, 0.25) is 5.91 Å². The second-order valence-corrected chi connectivity index (χ2v) is 6.07. The fourth-order valence-electron chi connectivity index (χ4n) is 2.39. The van der Waals surface area contributed by atoms with Gasteiger partial charge in [0, 0.05) is 38.8 Å². The van der Waals surface area contributed by atoms with Crippen molar-refractivity contribution in [3.8, 4) is 0 Å². The van der Waals surface area contributed by atoms with E-state index in [-0.39, 0.29) is 17.9 Å². The molecule has 1 heterocycles. The molecule has 2 amide bonds. The molecule has 0 aromatic heterocycles. The van der Waals surface area contributed by atoms with Crippen LogP contribution < -0.4 is 5.32 Å². The number of rotatable bonds is 8. The van der Waals surface area contributed by atoms with Crippen LogP contribution in [0.5, 0.6) is 0 Å². The number of carbonyl (C=O) groups is 2. The Labute approximate surface area is 133 Å². The highest BCUT2D eigenvalue weighted by Crippen LogP contribution is 2.17. The first-order valence-electron chi connectivity index (χ1n) is 8.31. The zero-order chi connectivity index (χ0) is 16.4. The van der Waals surface area contributed by atoms with Crippen LogP contribution in [-0.2, 0) is 14.3 Å². The highest BCUT2D eigenvalue weighted by Gasteiger charge is 2.27. The van der Waals surface area contributed by atoms with E-state index in [1.54, 1.807) is 11.8 Å². The van der Waals surface area contributed by atoms with Crippen molar-refractivity contribution < 1.29 is 19.1 Å². The molecule has 1 aliphatic rings. The van der Waals surface area contributed by atoms with Crippen LogP contribution in [0.15, 0.2) is 0 Å². The zero-order valence-electron chi connectivity index (χ0n) is 14.1. The predicted octanol–water partition coefficient (Wildman–Crippen LogP) is 2.03. The number of likely N-dealkylation sites (tertiary alicyclic amines) is 1. The number of nitrogens with zero attached hydrogens (tertiary/aromatic N) is 1. The van der Waals surface area contributed by atoms with Gasteiger partial charge in [-0.25, -0.2) is 4.79 Å². The Morgan fingerprint density at radius 1 is 1.27 bits per heavy atom. The molecule has 128 valence electrons. The number of piperidine rings is 1. The standard InChI is InChI=1S/C16H30N2O4/c1-4-22-16(20)18-9-6-14(7-10-18)15(19)17-8-5-11-21-12-13(2)3/h13-14H,4-12H2,1-3H3,(H,17,19). The van der Waals surface area contributed by atoms with Crippen LogP contribution in [-0.4, -0.2) is 56.4 Å². The molecule has 0 spiro atoms. The largest absolute Gasteiger partial charge is 0.450 e. The molecule has 0 aliphatic carbocycles. The molecule has 0 saturated carbocycles. The Hall–Kier alpha value is -1.30. The molecule has 1 N–H and O–H groups in total. The molecule has 0 radical (unpaired) electrons. The summed E-state index contributed by atoms with van der Waals surface area (Å²) in [5, 5.41) is 2.96. The first kappa shape index (κ1) is 18.7. The Morgan fingerprint density at radius 3 is 2.55 bits per heavy atom. The van der Waals surface area contributed by atoms with Crippen LogP contribution in [0, 0.1) is 11.8 Å². The van der Waals surface area contributed by atoms with Crippen LogP contribution in [0.1, 0.15) is 40.0 Å². The van der Waals surface area contributed by atoms with Crippen LogP contribution in [0.25, 0.3) is 0 Å². The lowest BCUT2D eigenvalue weighted by Gasteiger charge is -2.30. The fourth-order valence-corrected chi connectivity index (χ4v) is 2.39. The zero-order valence-corrected chi connectivity index (χ0v) is 14.1. The normalized spacial score (nSPS) is 15.9. The molecular formula is C16H30N2O4. The third-order valence-electron chi connectivity index (χ3n) is 3.61. The summed E-state index contributed by atoms with van der Waals surface area (Å²) in [6.45, 7) is 9.69. The number of ether oxygens (including phenoxy) is 2. The molecule has 1 aliphatic heterocycles. The molecule has 0 aromatic carbocycles. The van der Waals surface area contributed by atoms with Gasteiger partial charge in [0.1, 0.15) is 0 Å². The molecule has 1 rings (SSSR count). The summed E-state index contributed by atoms with van der Waals surface area (Å²) in [5.41, 5.74) is 0. The van der Waals surface area contributed by atoms with Gasteiger partial charge in [-0.3, -0.25) is 4.79 Å². The van der Waals surface area contributed by atoms with E-state index in [9.17, 15) is 9.59 Å². The van der Waals surface area contributed by atoms with E-state index in [2.05, 4.69) is 19.2 Å². The highest BCUT2D eigenvalue weighted by molar-refractivity contribution is 5.79. The van der Waals surface area contributed by atoms with Crippen molar-refractivity contribution in [2.75, 3.05) is 39.5 Å². The van der Waals surface area contributed by atoms with Gasteiger partial charge in [0.25, 0.3) is 0 Å². The number of nitrogens with one attached hydrogen (secondary N) is 1. The van der Waals surface area contributed by atoms with E-state index in [4.69, 9.17) is 9.47 Å². The molecule has 0 atom stereocenters. The molecule has 6 nitrogen and oxygen atoms in total. The lowest BCUT2D eigenvalue weighted by atomic mass is 9.96. The highest BCUT2D eigenvalue weighted by atomic mass is 16.6. The summed E-state index contributed by atoms with van der Waals surface area (Å²) in [6.07, 6.45) is 1.96. The average Bonchev–Trinajstić information content (AvgIpc) is 2.50. The monoisotopic (exact) mass is 314 g/mol. The van der Waals surface area contributed by atoms with E-state index in [0.29, 0.717) is 51.6 Å². The van der Waals surface area contributed by atoms with E-state index >= 15 is 0 Å².